The van der Waals surface area contributed by atoms with E-state index >= 15 is 0 Å². The fourth-order valence-electron chi connectivity index (χ4n) is 6.00. The molecule has 256 valence electrons. The molecule has 0 heterocycles. The van der Waals surface area contributed by atoms with Gasteiger partial charge in [-0.3, -0.25) is 14.4 Å². The van der Waals surface area contributed by atoms with Crippen molar-refractivity contribution in [3.63, 3.8) is 0 Å². The minimum atomic E-state index is -10.4. The second-order valence-corrected chi connectivity index (χ2v) is 14.7. The molecule has 0 bridgehead atoms. The van der Waals surface area contributed by atoms with Gasteiger partial charge >= 0.3 is 16.2 Å². The van der Waals surface area contributed by atoms with Crippen LogP contribution < -0.4 is 20.1 Å². The predicted molar refractivity (Wildman–Crippen MR) is 156 cm³/mol. The van der Waals surface area contributed by atoms with E-state index in [0.717, 1.165) is 18.2 Å². The van der Waals surface area contributed by atoms with Crippen molar-refractivity contribution in [3.05, 3.63) is 47.5 Å². The van der Waals surface area contributed by atoms with E-state index in [4.69, 9.17) is 9.47 Å². The van der Waals surface area contributed by atoms with Gasteiger partial charge in [0.2, 0.25) is 5.91 Å². The standard InChI is InChI=1S/C30H35F7N2O6S/c1-16-5-4-6-19(27(40)38-17-7-8-21(31)25(13-17)46(33,34,35,36)37)26(16)39-28(41)20-14-24(22(32)15-23(20)44-3)45-18-9-11-30(2,12-10-18)29(42)43/h7-8,13-16,18-19,26H,4-6,9-12H2,1-3H3,(H,38,40)(H,39,41)(H,42,43)/t16-,18?,19-,26+,30?/m0/s1. The molecule has 46 heavy (non-hydrogen) atoms. The molecule has 2 aromatic rings. The zero-order chi connectivity index (χ0) is 34.3. The Bertz CT molecular complexity index is 1530. The van der Waals surface area contributed by atoms with Gasteiger partial charge in [0.15, 0.2) is 11.6 Å². The van der Waals surface area contributed by atoms with Gasteiger partial charge in [0.1, 0.15) is 16.5 Å². The van der Waals surface area contributed by atoms with E-state index < -0.39 is 73.7 Å². The summed E-state index contributed by atoms with van der Waals surface area (Å²) in [4.78, 5) is 35.6. The smallest absolute Gasteiger partial charge is 0.313 e. The van der Waals surface area contributed by atoms with E-state index in [0.29, 0.717) is 38.5 Å². The number of benzene rings is 2. The number of ether oxygens (including phenoxy) is 2. The second kappa shape index (κ2) is 11.8. The number of anilines is 1. The van der Waals surface area contributed by atoms with Gasteiger partial charge in [-0.1, -0.05) is 32.8 Å². The number of hydrogen-bond donors (Lipinski definition) is 3. The molecule has 0 spiro atoms. The number of carbonyl (C=O) groups is 3. The van der Waals surface area contributed by atoms with Gasteiger partial charge in [-0.15, -0.1) is 0 Å². The fraction of sp³-hybridized carbons (Fsp3) is 0.500. The van der Waals surface area contributed by atoms with Crippen LogP contribution in [0.15, 0.2) is 35.2 Å². The highest BCUT2D eigenvalue weighted by Gasteiger charge is 2.67. The van der Waals surface area contributed by atoms with Crippen molar-refractivity contribution >= 4 is 33.7 Å². The summed E-state index contributed by atoms with van der Waals surface area (Å²) in [5.74, 6) is -7.36. The van der Waals surface area contributed by atoms with E-state index in [1.807, 2.05) is 0 Å². The molecule has 3 atom stereocenters. The minimum Gasteiger partial charge on any atom is -0.496 e. The first kappa shape index (κ1) is 35.2. The lowest BCUT2D eigenvalue weighted by Crippen LogP contribution is -2.50. The summed E-state index contributed by atoms with van der Waals surface area (Å²) < 4.78 is 106. The van der Waals surface area contributed by atoms with Gasteiger partial charge in [0.25, 0.3) is 5.91 Å². The maximum atomic E-state index is 15.0. The van der Waals surface area contributed by atoms with Crippen LogP contribution in [0.25, 0.3) is 0 Å². The molecule has 8 nitrogen and oxygen atoms in total. The van der Waals surface area contributed by atoms with Crippen molar-refractivity contribution in [2.75, 3.05) is 12.4 Å². The fourth-order valence-corrected chi connectivity index (χ4v) is 6.79. The summed E-state index contributed by atoms with van der Waals surface area (Å²) in [6.45, 7) is 3.36. The van der Waals surface area contributed by atoms with Crippen LogP contribution in [0.3, 0.4) is 0 Å². The number of amides is 2. The zero-order valence-electron chi connectivity index (χ0n) is 25.2. The quantitative estimate of drug-likeness (QED) is 0.230. The molecular formula is C30H35F7N2O6S. The van der Waals surface area contributed by atoms with Crippen molar-refractivity contribution in [1.82, 2.24) is 5.32 Å². The molecule has 16 heteroatoms. The average molecular weight is 685 g/mol. The van der Waals surface area contributed by atoms with Crippen LogP contribution in [-0.4, -0.2) is 42.1 Å². The number of carbonyl (C=O) groups excluding carboxylic acids is 2. The maximum Gasteiger partial charge on any atom is 0.313 e. The number of carboxylic acid groups (broad SMARTS) is 1. The highest BCUT2D eigenvalue weighted by molar-refractivity contribution is 8.45. The topological polar surface area (TPSA) is 114 Å². The number of halogens is 7. The van der Waals surface area contributed by atoms with Crippen molar-refractivity contribution < 1.29 is 57.2 Å². The van der Waals surface area contributed by atoms with Crippen LogP contribution in [0.1, 0.15) is 69.2 Å². The van der Waals surface area contributed by atoms with E-state index in [2.05, 4.69) is 10.6 Å². The second-order valence-electron chi connectivity index (χ2n) is 12.3. The Balaban J connectivity index is 1.54. The zero-order valence-corrected chi connectivity index (χ0v) is 26.0. The van der Waals surface area contributed by atoms with Gasteiger partial charge in [-0.05, 0) is 75.6 Å². The molecule has 4 rings (SSSR count). The molecule has 2 aromatic carbocycles. The maximum absolute atomic E-state index is 15.0. The van der Waals surface area contributed by atoms with Crippen LogP contribution >= 0.6 is 10.2 Å². The van der Waals surface area contributed by atoms with E-state index in [9.17, 15) is 47.7 Å². The third-order valence-corrected chi connectivity index (χ3v) is 9.96. The minimum absolute atomic E-state index is 0.138. The highest BCUT2D eigenvalue weighted by Crippen LogP contribution is 3.02. The van der Waals surface area contributed by atoms with E-state index in [-0.39, 0.29) is 41.5 Å². The molecule has 2 aliphatic carbocycles. The lowest BCUT2D eigenvalue weighted by molar-refractivity contribution is -0.150. The Morgan fingerprint density at radius 1 is 0.935 bits per heavy atom. The summed E-state index contributed by atoms with van der Waals surface area (Å²) >= 11 is 0. The van der Waals surface area contributed by atoms with Crippen LogP contribution in [-0.2, 0) is 9.59 Å². The normalized spacial score (nSPS) is 26.7. The van der Waals surface area contributed by atoms with Crippen molar-refractivity contribution in [1.29, 1.82) is 0 Å². The summed E-state index contributed by atoms with van der Waals surface area (Å²) in [5, 5.41) is 14.3. The molecular weight excluding hydrogens is 649 g/mol. The van der Waals surface area contributed by atoms with Crippen molar-refractivity contribution in [2.24, 2.45) is 17.3 Å². The lowest BCUT2D eigenvalue weighted by atomic mass is 9.75. The highest BCUT2D eigenvalue weighted by atomic mass is 32.5. The Hall–Kier alpha value is -3.69. The molecule has 3 N–H and O–H groups in total. The average Bonchev–Trinajstić information content (AvgIpc) is 2.95. The molecule has 0 radical (unpaired) electrons. The Morgan fingerprint density at radius 3 is 2.17 bits per heavy atom. The van der Waals surface area contributed by atoms with Gasteiger partial charge in [-0.25, -0.2) is 8.78 Å². The largest absolute Gasteiger partial charge is 0.496 e. The number of carboxylic acids is 1. The van der Waals surface area contributed by atoms with E-state index in [1.165, 1.54) is 7.11 Å². The number of rotatable bonds is 9. The molecule has 0 saturated heterocycles. The Kier molecular flexibility index (Phi) is 9.05. The first-order chi connectivity index (χ1) is 21.1. The first-order valence-corrected chi connectivity index (χ1v) is 16.5. The van der Waals surface area contributed by atoms with Gasteiger partial charge in [0.05, 0.1) is 30.1 Å². The number of hydrogen-bond acceptors (Lipinski definition) is 5. The van der Waals surface area contributed by atoms with Crippen molar-refractivity contribution in [3.8, 4) is 11.5 Å². The summed E-state index contributed by atoms with van der Waals surface area (Å²) in [5.41, 5.74) is -1.76. The van der Waals surface area contributed by atoms with Crippen LogP contribution in [0.5, 0.6) is 11.5 Å². The van der Waals surface area contributed by atoms with Crippen LogP contribution in [0, 0.1) is 28.9 Å². The van der Waals surface area contributed by atoms with Crippen molar-refractivity contribution in [2.45, 2.75) is 75.8 Å². The summed E-state index contributed by atoms with van der Waals surface area (Å²) in [6, 6.07) is 1.95. The third-order valence-electron chi connectivity index (χ3n) is 8.81. The Morgan fingerprint density at radius 2 is 1.59 bits per heavy atom. The molecule has 2 fully saturated rings. The lowest BCUT2D eigenvalue weighted by Gasteiger charge is -2.40. The van der Waals surface area contributed by atoms with E-state index in [1.54, 1.807) is 13.8 Å². The molecule has 0 aliphatic heterocycles. The molecule has 2 amide bonds. The number of aliphatic carboxylic acids is 1. The molecule has 0 aromatic heterocycles. The third kappa shape index (κ3) is 7.81. The molecule has 2 saturated carbocycles. The van der Waals surface area contributed by atoms with Crippen LogP contribution in [0.2, 0.25) is 0 Å². The monoisotopic (exact) mass is 684 g/mol. The summed E-state index contributed by atoms with van der Waals surface area (Å²) in [7, 11) is -9.20. The van der Waals surface area contributed by atoms with Gasteiger partial charge in [-0.2, -0.15) is 0 Å². The number of methoxy groups -OCH3 is 1. The van der Waals surface area contributed by atoms with Gasteiger partial charge in [0, 0.05) is 17.8 Å². The SMILES string of the molecule is COc1cc(F)c(OC2CCC(C)(C(=O)O)CC2)cc1C(=O)N[C@H]1[C@@H](C(=O)Nc2ccc(F)c(S(F)(F)(F)(F)F)c2)CCC[C@@H]1C. The van der Waals surface area contributed by atoms with Crippen LogP contribution in [0.4, 0.5) is 33.9 Å². The molecule has 2 aliphatic rings. The molecule has 0 unspecified atom stereocenters. The van der Waals surface area contributed by atoms with Gasteiger partial charge < -0.3 is 25.2 Å². The Labute approximate surface area is 260 Å². The number of nitrogens with one attached hydrogen (secondary N) is 2. The first-order valence-electron chi connectivity index (χ1n) is 14.5. The summed E-state index contributed by atoms with van der Waals surface area (Å²) in [6.07, 6.45) is 2.03. The predicted octanol–water partition coefficient (Wildman–Crippen LogP) is 8.22.